The van der Waals surface area contributed by atoms with Crippen molar-refractivity contribution in [3.63, 3.8) is 0 Å². The van der Waals surface area contributed by atoms with Crippen LogP contribution < -0.4 is 14.8 Å². The molecule has 0 atom stereocenters. The van der Waals surface area contributed by atoms with E-state index in [-0.39, 0.29) is 19.1 Å². The molecule has 0 aliphatic carbocycles. The topological polar surface area (TPSA) is 66.0 Å². The Kier molecular flexibility index (Phi) is 5.68. The van der Waals surface area contributed by atoms with Crippen LogP contribution in [0.4, 0.5) is 5.69 Å². The first kappa shape index (κ1) is 19.2. The van der Waals surface area contributed by atoms with Crippen LogP contribution in [0.3, 0.4) is 0 Å². The summed E-state index contributed by atoms with van der Waals surface area (Å²) >= 11 is 0. The monoisotopic (exact) mass is 371 g/mol. The lowest BCUT2D eigenvalue weighted by Gasteiger charge is -2.36. The maximum atomic E-state index is 12.8. The number of aryl methyl sites for hydroxylation is 1. The van der Waals surface area contributed by atoms with E-state index in [4.69, 9.17) is 18.9 Å². The summed E-state index contributed by atoms with van der Waals surface area (Å²) in [4.78, 5) is 12.8. The van der Waals surface area contributed by atoms with Gasteiger partial charge in [-0.1, -0.05) is 18.2 Å². The summed E-state index contributed by atoms with van der Waals surface area (Å²) in [5.74, 6) is 1.30. The van der Waals surface area contributed by atoms with Crippen molar-refractivity contribution in [2.75, 3.05) is 32.8 Å². The molecule has 1 N–H and O–H groups in total. The zero-order valence-corrected chi connectivity index (χ0v) is 16.1. The molecule has 0 unspecified atom stereocenters. The standard InChI is InChI=1S/C21H25NO5/c1-14-11-15(24-3)9-10-17(14)22-20(23)21(2)12-26-19(27-13-21)16-7-5-6-8-18(16)25-4/h5-11,19H,12-13H2,1-4H3,(H,22,23). The minimum Gasteiger partial charge on any atom is -0.497 e. The van der Waals surface area contributed by atoms with E-state index in [9.17, 15) is 4.79 Å². The fraction of sp³-hybridized carbons (Fsp3) is 0.381. The van der Waals surface area contributed by atoms with Gasteiger partial charge < -0.3 is 24.3 Å². The average Bonchev–Trinajstić information content (AvgIpc) is 2.70. The van der Waals surface area contributed by atoms with Gasteiger partial charge in [0.2, 0.25) is 5.91 Å². The van der Waals surface area contributed by atoms with Gasteiger partial charge in [0.1, 0.15) is 11.5 Å². The highest BCUT2D eigenvalue weighted by atomic mass is 16.7. The summed E-state index contributed by atoms with van der Waals surface area (Å²) in [5.41, 5.74) is 1.70. The fourth-order valence-electron chi connectivity index (χ4n) is 2.96. The number of hydrogen-bond acceptors (Lipinski definition) is 5. The lowest BCUT2D eigenvalue weighted by molar-refractivity contribution is -0.226. The molecule has 0 aromatic heterocycles. The van der Waals surface area contributed by atoms with Gasteiger partial charge in [-0.15, -0.1) is 0 Å². The SMILES string of the molecule is COc1ccc(NC(=O)C2(C)COC(c3ccccc3OC)OC2)c(C)c1. The van der Waals surface area contributed by atoms with E-state index in [2.05, 4.69) is 5.32 Å². The van der Waals surface area contributed by atoms with Gasteiger partial charge in [-0.25, -0.2) is 0 Å². The molecule has 3 rings (SSSR count). The number of para-hydroxylation sites is 1. The van der Waals surface area contributed by atoms with E-state index in [0.29, 0.717) is 5.75 Å². The molecule has 1 aliphatic heterocycles. The molecular formula is C21H25NO5. The number of anilines is 1. The third-order valence-corrected chi connectivity index (χ3v) is 4.73. The molecule has 0 saturated carbocycles. The Labute approximate surface area is 159 Å². The van der Waals surface area contributed by atoms with Crippen LogP contribution in [0.2, 0.25) is 0 Å². The second-order valence-electron chi connectivity index (χ2n) is 6.89. The lowest BCUT2D eigenvalue weighted by atomic mass is 9.90. The van der Waals surface area contributed by atoms with Crippen LogP contribution in [0, 0.1) is 12.3 Å². The summed E-state index contributed by atoms with van der Waals surface area (Å²) in [6.07, 6.45) is -0.551. The Morgan fingerprint density at radius 2 is 1.81 bits per heavy atom. The molecule has 0 bridgehead atoms. The summed E-state index contributed by atoms with van der Waals surface area (Å²) in [5, 5.41) is 2.97. The third kappa shape index (κ3) is 4.07. The predicted octanol–water partition coefficient (Wildman–Crippen LogP) is 3.70. The number of benzene rings is 2. The number of ether oxygens (including phenoxy) is 4. The highest BCUT2D eigenvalue weighted by molar-refractivity contribution is 5.96. The molecule has 2 aromatic rings. The van der Waals surface area contributed by atoms with Crippen LogP contribution in [-0.4, -0.2) is 33.3 Å². The fourth-order valence-corrected chi connectivity index (χ4v) is 2.96. The Morgan fingerprint density at radius 3 is 2.44 bits per heavy atom. The van der Waals surface area contributed by atoms with Crippen LogP contribution in [0.1, 0.15) is 24.3 Å². The second-order valence-corrected chi connectivity index (χ2v) is 6.89. The molecule has 1 heterocycles. The van der Waals surface area contributed by atoms with Crippen LogP contribution in [0.5, 0.6) is 11.5 Å². The van der Waals surface area contributed by atoms with Gasteiger partial charge in [-0.05, 0) is 43.7 Å². The second kappa shape index (κ2) is 7.98. The minimum atomic E-state index is -0.787. The van der Waals surface area contributed by atoms with E-state index in [0.717, 1.165) is 22.6 Å². The first-order chi connectivity index (χ1) is 13.0. The molecule has 1 fully saturated rings. The predicted molar refractivity (Wildman–Crippen MR) is 102 cm³/mol. The molecule has 2 aromatic carbocycles. The van der Waals surface area contributed by atoms with Crippen LogP contribution in [-0.2, 0) is 14.3 Å². The molecule has 27 heavy (non-hydrogen) atoms. The largest absolute Gasteiger partial charge is 0.497 e. The molecule has 1 amide bonds. The number of rotatable bonds is 5. The number of carbonyl (C=O) groups excluding carboxylic acids is 1. The summed E-state index contributed by atoms with van der Waals surface area (Å²) in [6.45, 7) is 4.25. The van der Waals surface area contributed by atoms with Crippen molar-refractivity contribution in [3.8, 4) is 11.5 Å². The van der Waals surface area contributed by atoms with Gasteiger partial charge in [0.05, 0.1) is 32.8 Å². The summed E-state index contributed by atoms with van der Waals surface area (Å²) in [7, 11) is 3.22. The van der Waals surface area contributed by atoms with Gasteiger partial charge in [-0.3, -0.25) is 4.79 Å². The van der Waals surface area contributed by atoms with E-state index in [1.165, 1.54) is 0 Å². The summed E-state index contributed by atoms with van der Waals surface area (Å²) in [6, 6.07) is 13.1. The first-order valence-electron chi connectivity index (χ1n) is 8.79. The van der Waals surface area contributed by atoms with Crippen molar-refractivity contribution in [1.82, 2.24) is 0 Å². The molecule has 6 nitrogen and oxygen atoms in total. The number of methoxy groups -OCH3 is 2. The third-order valence-electron chi connectivity index (χ3n) is 4.73. The Balaban J connectivity index is 1.67. The number of hydrogen-bond donors (Lipinski definition) is 1. The Bertz CT molecular complexity index is 812. The van der Waals surface area contributed by atoms with Crippen molar-refractivity contribution >= 4 is 11.6 Å². The molecule has 6 heteroatoms. The molecule has 1 aliphatic rings. The highest BCUT2D eigenvalue weighted by Crippen LogP contribution is 2.36. The van der Waals surface area contributed by atoms with Crippen molar-refractivity contribution < 1.29 is 23.7 Å². The quantitative estimate of drug-likeness (QED) is 0.868. The van der Waals surface area contributed by atoms with E-state index in [1.54, 1.807) is 14.2 Å². The van der Waals surface area contributed by atoms with Crippen LogP contribution >= 0.6 is 0 Å². The van der Waals surface area contributed by atoms with E-state index < -0.39 is 11.7 Å². The van der Waals surface area contributed by atoms with E-state index >= 15 is 0 Å². The van der Waals surface area contributed by atoms with Crippen molar-refractivity contribution in [2.45, 2.75) is 20.1 Å². The number of amides is 1. The summed E-state index contributed by atoms with van der Waals surface area (Å²) < 4.78 is 22.3. The van der Waals surface area contributed by atoms with Crippen molar-refractivity contribution in [3.05, 3.63) is 53.6 Å². The van der Waals surface area contributed by atoms with Crippen molar-refractivity contribution in [2.24, 2.45) is 5.41 Å². The first-order valence-corrected chi connectivity index (χ1v) is 8.79. The van der Waals surface area contributed by atoms with Gasteiger partial charge in [0.15, 0.2) is 6.29 Å². The smallest absolute Gasteiger partial charge is 0.235 e. The molecule has 144 valence electrons. The maximum Gasteiger partial charge on any atom is 0.235 e. The van der Waals surface area contributed by atoms with Gasteiger partial charge in [0.25, 0.3) is 0 Å². The average molecular weight is 371 g/mol. The highest BCUT2D eigenvalue weighted by Gasteiger charge is 2.40. The van der Waals surface area contributed by atoms with Crippen LogP contribution in [0.25, 0.3) is 0 Å². The Morgan fingerprint density at radius 1 is 1.11 bits per heavy atom. The number of nitrogens with one attached hydrogen (secondary N) is 1. The normalized spacial score (nSPS) is 22.1. The molecule has 0 radical (unpaired) electrons. The zero-order chi connectivity index (χ0) is 19.4. The van der Waals surface area contributed by atoms with Gasteiger partial charge in [-0.2, -0.15) is 0 Å². The number of carbonyl (C=O) groups is 1. The van der Waals surface area contributed by atoms with Gasteiger partial charge in [0, 0.05) is 11.3 Å². The molecule has 1 saturated heterocycles. The zero-order valence-electron chi connectivity index (χ0n) is 16.1. The molecular weight excluding hydrogens is 346 g/mol. The maximum absolute atomic E-state index is 12.8. The minimum absolute atomic E-state index is 0.144. The molecule has 0 spiro atoms. The Hall–Kier alpha value is -2.57. The van der Waals surface area contributed by atoms with Crippen molar-refractivity contribution in [1.29, 1.82) is 0 Å². The lowest BCUT2D eigenvalue weighted by Crippen LogP contribution is -2.45. The van der Waals surface area contributed by atoms with Gasteiger partial charge >= 0.3 is 0 Å². The van der Waals surface area contributed by atoms with Crippen LogP contribution in [0.15, 0.2) is 42.5 Å². The van der Waals surface area contributed by atoms with E-state index in [1.807, 2.05) is 56.3 Å².